The summed E-state index contributed by atoms with van der Waals surface area (Å²) >= 11 is 0. The van der Waals surface area contributed by atoms with Gasteiger partial charge in [0.15, 0.2) is 5.78 Å². The number of hydrazone groups is 1. The summed E-state index contributed by atoms with van der Waals surface area (Å²) in [6.45, 7) is 4.46. The molecular formula is C20H23N3O2. The minimum absolute atomic E-state index is 0.0382. The molecular weight excluding hydrogens is 314 g/mol. The number of morpholine rings is 1. The Kier molecular flexibility index (Phi) is 5.93. The Bertz CT molecular complexity index is 710. The predicted molar refractivity (Wildman–Crippen MR) is 99.8 cm³/mol. The molecule has 5 heteroatoms. The predicted octanol–water partition coefficient (Wildman–Crippen LogP) is 3.12. The van der Waals surface area contributed by atoms with Gasteiger partial charge in [-0.05, 0) is 17.7 Å². The number of nitrogens with one attached hydrogen (secondary N) is 1. The number of nitrogens with zero attached hydrogens (tertiary/aromatic N) is 2. The molecule has 0 unspecified atom stereocenters. The van der Waals surface area contributed by atoms with E-state index in [1.165, 1.54) is 0 Å². The summed E-state index contributed by atoms with van der Waals surface area (Å²) in [6, 6.07) is 19.5. The van der Waals surface area contributed by atoms with Gasteiger partial charge in [-0.25, -0.2) is 0 Å². The fraction of sp³-hybridized carbons (Fsp3) is 0.300. The van der Waals surface area contributed by atoms with Gasteiger partial charge in [0, 0.05) is 20.0 Å². The molecule has 1 aliphatic rings. The first-order chi connectivity index (χ1) is 12.3. The summed E-state index contributed by atoms with van der Waals surface area (Å²) in [5, 5.41) is 4.48. The van der Waals surface area contributed by atoms with E-state index in [0.29, 0.717) is 18.9 Å². The minimum Gasteiger partial charge on any atom is -0.379 e. The van der Waals surface area contributed by atoms with Crippen LogP contribution in [0.3, 0.4) is 0 Å². The molecule has 0 radical (unpaired) electrons. The maximum atomic E-state index is 12.4. The molecule has 0 saturated carbocycles. The molecule has 0 amide bonds. The van der Waals surface area contributed by atoms with Crippen molar-refractivity contribution >= 4 is 17.2 Å². The SMILES string of the molecule is CC(=O)C(=NNc1ccccc1)[C@@H](c1ccccc1)N1CCOCC1. The number of benzene rings is 2. The van der Waals surface area contributed by atoms with Crippen molar-refractivity contribution in [1.29, 1.82) is 0 Å². The molecule has 1 N–H and O–H groups in total. The van der Waals surface area contributed by atoms with Gasteiger partial charge in [0.05, 0.1) is 24.9 Å². The Balaban J connectivity index is 1.93. The zero-order valence-corrected chi connectivity index (χ0v) is 14.4. The molecule has 0 aromatic heterocycles. The molecule has 1 fully saturated rings. The Labute approximate surface area is 148 Å². The molecule has 1 saturated heterocycles. The highest BCUT2D eigenvalue weighted by molar-refractivity contribution is 6.41. The average molecular weight is 337 g/mol. The van der Waals surface area contributed by atoms with Crippen LogP contribution in [0.1, 0.15) is 18.5 Å². The van der Waals surface area contributed by atoms with E-state index in [9.17, 15) is 4.79 Å². The van der Waals surface area contributed by atoms with Crippen molar-refractivity contribution in [2.75, 3.05) is 31.7 Å². The number of carbonyl (C=O) groups excluding carboxylic acids is 1. The van der Waals surface area contributed by atoms with E-state index in [-0.39, 0.29) is 11.8 Å². The third-order valence-electron chi connectivity index (χ3n) is 4.23. The molecule has 130 valence electrons. The van der Waals surface area contributed by atoms with Crippen LogP contribution >= 0.6 is 0 Å². The van der Waals surface area contributed by atoms with E-state index in [2.05, 4.69) is 15.4 Å². The first-order valence-electron chi connectivity index (χ1n) is 8.52. The second-order valence-corrected chi connectivity index (χ2v) is 5.99. The molecule has 1 aliphatic heterocycles. The van der Waals surface area contributed by atoms with Gasteiger partial charge >= 0.3 is 0 Å². The number of ketones is 1. The van der Waals surface area contributed by atoms with Gasteiger partial charge in [-0.2, -0.15) is 5.10 Å². The van der Waals surface area contributed by atoms with Gasteiger partial charge < -0.3 is 4.74 Å². The molecule has 2 aromatic rings. The lowest BCUT2D eigenvalue weighted by atomic mass is 9.97. The van der Waals surface area contributed by atoms with Gasteiger partial charge in [-0.15, -0.1) is 0 Å². The van der Waals surface area contributed by atoms with Crippen molar-refractivity contribution in [1.82, 2.24) is 4.90 Å². The van der Waals surface area contributed by atoms with Gasteiger partial charge in [-0.1, -0.05) is 48.5 Å². The van der Waals surface area contributed by atoms with Crippen LogP contribution < -0.4 is 5.43 Å². The van der Waals surface area contributed by atoms with Crippen molar-refractivity contribution < 1.29 is 9.53 Å². The summed E-state index contributed by atoms with van der Waals surface area (Å²) < 4.78 is 5.47. The number of carbonyl (C=O) groups is 1. The van der Waals surface area contributed by atoms with Crippen molar-refractivity contribution in [3.05, 3.63) is 66.2 Å². The van der Waals surface area contributed by atoms with Crippen LogP contribution in [0.2, 0.25) is 0 Å². The van der Waals surface area contributed by atoms with Gasteiger partial charge in [0.1, 0.15) is 5.71 Å². The Morgan fingerprint density at radius 2 is 1.64 bits per heavy atom. The molecule has 3 rings (SSSR count). The number of ether oxygens (including phenoxy) is 1. The Morgan fingerprint density at radius 1 is 1.04 bits per heavy atom. The summed E-state index contributed by atoms with van der Waals surface area (Å²) in [5.74, 6) is -0.0382. The second-order valence-electron chi connectivity index (χ2n) is 5.99. The fourth-order valence-electron chi connectivity index (χ4n) is 2.98. The molecule has 1 atom stereocenters. The largest absolute Gasteiger partial charge is 0.379 e. The van der Waals surface area contributed by atoms with Gasteiger partial charge in [-0.3, -0.25) is 15.1 Å². The summed E-state index contributed by atoms with van der Waals surface area (Å²) in [4.78, 5) is 14.6. The van der Waals surface area contributed by atoms with Crippen LogP contribution in [0.15, 0.2) is 65.8 Å². The molecule has 0 spiro atoms. The molecule has 0 bridgehead atoms. The smallest absolute Gasteiger partial charge is 0.177 e. The average Bonchev–Trinajstić information content (AvgIpc) is 2.67. The third-order valence-corrected chi connectivity index (χ3v) is 4.23. The first-order valence-corrected chi connectivity index (χ1v) is 8.52. The highest BCUT2D eigenvalue weighted by atomic mass is 16.5. The summed E-state index contributed by atoms with van der Waals surface area (Å²) in [6.07, 6.45) is 0. The van der Waals surface area contributed by atoms with E-state index in [0.717, 1.165) is 24.3 Å². The maximum absolute atomic E-state index is 12.4. The van der Waals surface area contributed by atoms with Crippen LogP contribution in [0.25, 0.3) is 0 Å². The minimum atomic E-state index is -0.182. The fourth-order valence-corrected chi connectivity index (χ4v) is 2.98. The highest BCUT2D eigenvalue weighted by Gasteiger charge is 2.29. The van der Waals surface area contributed by atoms with Gasteiger partial charge in [0.25, 0.3) is 0 Å². The van der Waals surface area contributed by atoms with Crippen molar-refractivity contribution in [2.24, 2.45) is 5.10 Å². The van der Waals surface area contributed by atoms with Crippen LogP contribution in [-0.4, -0.2) is 42.7 Å². The van der Waals surface area contributed by atoms with E-state index < -0.39 is 0 Å². The number of para-hydroxylation sites is 1. The number of hydrogen-bond donors (Lipinski definition) is 1. The normalized spacial score (nSPS) is 17.1. The van der Waals surface area contributed by atoms with E-state index in [4.69, 9.17) is 4.74 Å². The lowest BCUT2D eigenvalue weighted by Crippen LogP contribution is -2.44. The monoisotopic (exact) mass is 337 g/mol. The van der Waals surface area contributed by atoms with Crippen LogP contribution in [0, 0.1) is 0 Å². The Morgan fingerprint density at radius 3 is 2.24 bits per heavy atom. The number of rotatable bonds is 6. The second kappa shape index (κ2) is 8.55. The Hall–Kier alpha value is -2.50. The van der Waals surface area contributed by atoms with E-state index in [1.807, 2.05) is 60.7 Å². The topological polar surface area (TPSA) is 53.9 Å². The third kappa shape index (κ3) is 4.53. The van der Waals surface area contributed by atoms with E-state index >= 15 is 0 Å². The number of hydrogen-bond acceptors (Lipinski definition) is 5. The highest BCUT2D eigenvalue weighted by Crippen LogP contribution is 2.24. The zero-order valence-electron chi connectivity index (χ0n) is 14.4. The van der Waals surface area contributed by atoms with Crippen LogP contribution in [0.4, 0.5) is 5.69 Å². The molecule has 2 aromatic carbocycles. The molecule has 1 heterocycles. The van der Waals surface area contributed by atoms with Crippen LogP contribution in [-0.2, 0) is 9.53 Å². The quantitative estimate of drug-likeness (QED) is 0.650. The van der Waals surface area contributed by atoms with Crippen molar-refractivity contribution in [3.63, 3.8) is 0 Å². The lowest BCUT2D eigenvalue weighted by molar-refractivity contribution is -0.111. The van der Waals surface area contributed by atoms with Crippen molar-refractivity contribution in [2.45, 2.75) is 13.0 Å². The number of anilines is 1. The van der Waals surface area contributed by atoms with Crippen LogP contribution in [0.5, 0.6) is 0 Å². The van der Waals surface area contributed by atoms with Crippen molar-refractivity contribution in [3.8, 4) is 0 Å². The lowest BCUT2D eigenvalue weighted by Gasteiger charge is -2.34. The van der Waals surface area contributed by atoms with Gasteiger partial charge in [0.2, 0.25) is 0 Å². The standard InChI is InChI=1S/C20H23N3O2/c1-16(24)19(22-21-18-10-6-3-7-11-18)20(17-8-4-2-5-9-17)23-12-14-25-15-13-23/h2-11,20-21H,12-15H2,1H3/t20-/m1/s1. The molecule has 5 nitrogen and oxygen atoms in total. The maximum Gasteiger partial charge on any atom is 0.177 e. The summed E-state index contributed by atoms with van der Waals surface area (Å²) in [5.41, 5.74) is 5.46. The zero-order chi connectivity index (χ0) is 17.5. The first kappa shape index (κ1) is 17.3. The number of Topliss-reactive ketones (excluding diaryl/α,β-unsaturated/α-hetero) is 1. The summed E-state index contributed by atoms with van der Waals surface area (Å²) in [7, 11) is 0. The van der Waals surface area contributed by atoms with E-state index in [1.54, 1.807) is 6.92 Å². The molecule has 25 heavy (non-hydrogen) atoms. The molecule has 0 aliphatic carbocycles.